The maximum absolute atomic E-state index is 11.2. The van der Waals surface area contributed by atoms with Gasteiger partial charge in [-0.05, 0) is 19.4 Å². The topological polar surface area (TPSA) is 76.1 Å². The normalized spacial score (nSPS) is 11.7. The zero-order valence-electron chi connectivity index (χ0n) is 10.4. The van der Waals surface area contributed by atoms with Crippen molar-refractivity contribution in [2.24, 2.45) is 0 Å². The van der Waals surface area contributed by atoms with Crippen LogP contribution >= 0.6 is 0 Å². The molecule has 0 radical (unpaired) electrons. The molecule has 1 unspecified atom stereocenters. The predicted molar refractivity (Wildman–Crippen MR) is 65.9 cm³/mol. The van der Waals surface area contributed by atoms with Crippen LogP contribution in [0.5, 0.6) is 0 Å². The molecular formula is C11H18N4O2. The largest absolute Gasteiger partial charge is 0.467 e. The highest BCUT2D eigenvalue weighted by molar-refractivity contribution is 5.78. The van der Waals surface area contributed by atoms with Gasteiger partial charge in [-0.3, -0.25) is 0 Å². The van der Waals surface area contributed by atoms with E-state index < -0.39 is 6.04 Å². The summed E-state index contributed by atoms with van der Waals surface area (Å²) >= 11 is 0. The molecule has 6 nitrogen and oxygen atoms in total. The van der Waals surface area contributed by atoms with E-state index >= 15 is 0 Å². The summed E-state index contributed by atoms with van der Waals surface area (Å²) in [7, 11) is 1.36. The fourth-order valence-corrected chi connectivity index (χ4v) is 1.22. The Bertz CT molecular complexity index is 370. The van der Waals surface area contributed by atoms with Crippen molar-refractivity contribution in [2.45, 2.75) is 26.3 Å². The van der Waals surface area contributed by atoms with Gasteiger partial charge in [0.05, 0.1) is 7.11 Å². The standard InChI is InChI=1S/C11H18N4O2/c1-4-6-12-11-13-7-5-9(15-11)14-8(2)10(16)17-3/h5,7-8H,4,6H2,1-3H3,(H2,12,13,14,15). The summed E-state index contributed by atoms with van der Waals surface area (Å²) in [4.78, 5) is 19.5. The Hall–Kier alpha value is -1.85. The van der Waals surface area contributed by atoms with Gasteiger partial charge in [-0.15, -0.1) is 0 Å². The molecule has 1 aromatic rings. The summed E-state index contributed by atoms with van der Waals surface area (Å²) in [5.41, 5.74) is 0. The second-order valence-electron chi connectivity index (χ2n) is 3.58. The van der Waals surface area contributed by atoms with Gasteiger partial charge < -0.3 is 15.4 Å². The fraction of sp³-hybridized carbons (Fsp3) is 0.545. The minimum absolute atomic E-state index is 0.327. The van der Waals surface area contributed by atoms with Crippen LogP contribution in [-0.2, 0) is 9.53 Å². The van der Waals surface area contributed by atoms with Crippen molar-refractivity contribution < 1.29 is 9.53 Å². The van der Waals surface area contributed by atoms with Crippen LogP contribution in [0.25, 0.3) is 0 Å². The number of carbonyl (C=O) groups excluding carboxylic acids is 1. The lowest BCUT2D eigenvalue weighted by Crippen LogP contribution is -2.27. The van der Waals surface area contributed by atoms with Crippen LogP contribution in [0.2, 0.25) is 0 Å². The van der Waals surface area contributed by atoms with Crippen molar-refractivity contribution in [1.29, 1.82) is 0 Å². The Kier molecular flexibility index (Phi) is 5.19. The third-order valence-electron chi connectivity index (χ3n) is 2.11. The van der Waals surface area contributed by atoms with Crippen LogP contribution in [0.15, 0.2) is 12.3 Å². The lowest BCUT2D eigenvalue weighted by atomic mass is 10.3. The fourth-order valence-electron chi connectivity index (χ4n) is 1.22. The molecule has 0 spiro atoms. The summed E-state index contributed by atoms with van der Waals surface area (Å²) in [5, 5.41) is 6.02. The lowest BCUT2D eigenvalue weighted by molar-refractivity contribution is -0.141. The third kappa shape index (κ3) is 4.26. The van der Waals surface area contributed by atoms with Crippen LogP contribution in [0, 0.1) is 0 Å². The summed E-state index contributed by atoms with van der Waals surface area (Å²) in [6, 6.07) is 1.27. The first kappa shape index (κ1) is 13.2. The van der Waals surface area contributed by atoms with Gasteiger partial charge in [-0.2, -0.15) is 4.98 Å². The third-order valence-corrected chi connectivity index (χ3v) is 2.11. The van der Waals surface area contributed by atoms with E-state index in [1.165, 1.54) is 7.11 Å². The molecule has 0 aromatic carbocycles. The average Bonchev–Trinajstić information content (AvgIpc) is 2.35. The van der Waals surface area contributed by atoms with E-state index in [-0.39, 0.29) is 5.97 Å². The summed E-state index contributed by atoms with van der Waals surface area (Å²) in [6.07, 6.45) is 2.64. The predicted octanol–water partition coefficient (Wildman–Crippen LogP) is 1.27. The van der Waals surface area contributed by atoms with Gasteiger partial charge >= 0.3 is 5.97 Å². The Morgan fingerprint density at radius 3 is 3.00 bits per heavy atom. The highest BCUT2D eigenvalue weighted by atomic mass is 16.5. The monoisotopic (exact) mass is 238 g/mol. The first-order valence-electron chi connectivity index (χ1n) is 5.58. The summed E-state index contributed by atoms with van der Waals surface area (Å²) in [5.74, 6) is 0.817. The quantitative estimate of drug-likeness (QED) is 0.727. The van der Waals surface area contributed by atoms with Gasteiger partial charge in [0.25, 0.3) is 0 Å². The van der Waals surface area contributed by atoms with Crippen LogP contribution in [-0.4, -0.2) is 35.6 Å². The number of ether oxygens (including phenoxy) is 1. The highest BCUT2D eigenvalue weighted by Crippen LogP contribution is 2.07. The van der Waals surface area contributed by atoms with Crippen molar-refractivity contribution in [2.75, 3.05) is 24.3 Å². The Morgan fingerprint density at radius 1 is 1.59 bits per heavy atom. The van der Waals surface area contributed by atoms with E-state index in [2.05, 4.69) is 32.3 Å². The first-order valence-corrected chi connectivity index (χ1v) is 5.58. The van der Waals surface area contributed by atoms with E-state index in [1.807, 2.05) is 0 Å². The van der Waals surface area contributed by atoms with Gasteiger partial charge in [-0.1, -0.05) is 6.92 Å². The van der Waals surface area contributed by atoms with Gasteiger partial charge in [0.1, 0.15) is 11.9 Å². The van der Waals surface area contributed by atoms with Crippen LogP contribution in [0.4, 0.5) is 11.8 Å². The van der Waals surface area contributed by atoms with Crippen molar-refractivity contribution in [3.63, 3.8) is 0 Å². The van der Waals surface area contributed by atoms with Gasteiger partial charge in [0.2, 0.25) is 5.95 Å². The van der Waals surface area contributed by atoms with E-state index in [9.17, 15) is 4.79 Å². The van der Waals surface area contributed by atoms with Gasteiger partial charge in [-0.25, -0.2) is 9.78 Å². The van der Waals surface area contributed by atoms with Gasteiger partial charge in [0, 0.05) is 12.7 Å². The molecule has 6 heteroatoms. The second kappa shape index (κ2) is 6.67. The molecule has 17 heavy (non-hydrogen) atoms. The van der Waals surface area contributed by atoms with Gasteiger partial charge in [0.15, 0.2) is 0 Å². The van der Waals surface area contributed by atoms with E-state index in [1.54, 1.807) is 19.2 Å². The lowest BCUT2D eigenvalue weighted by Gasteiger charge is -2.12. The highest BCUT2D eigenvalue weighted by Gasteiger charge is 2.13. The molecule has 0 bridgehead atoms. The molecule has 1 atom stereocenters. The first-order chi connectivity index (χ1) is 8.17. The molecule has 0 saturated heterocycles. The van der Waals surface area contributed by atoms with Crippen LogP contribution in [0.1, 0.15) is 20.3 Å². The van der Waals surface area contributed by atoms with Crippen molar-refractivity contribution in [3.8, 4) is 0 Å². The van der Waals surface area contributed by atoms with Crippen molar-refractivity contribution in [3.05, 3.63) is 12.3 Å². The minimum Gasteiger partial charge on any atom is -0.467 e. The maximum Gasteiger partial charge on any atom is 0.328 e. The second-order valence-corrected chi connectivity index (χ2v) is 3.58. The molecule has 0 saturated carbocycles. The van der Waals surface area contributed by atoms with Crippen LogP contribution in [0.3, 0.4) is 0 Å². The number of carbonyl (C=O) groups is 1. The average molecular weight is 238 g/mol. The number of nitrogens with zero attached hydrogens (tertiary/aromatic N) is 2. The number of esters is 1. The van der Waals surface area contributed by atoms with Crippen molar-refractivity contribution in [1.82, 2.24) is 9.97 Å². The SMILES string of the molecule is CCCNc1nccc(NC(C)C(=O)OC)n1. The zero-order chi connectivity index (χ0) is 12.7. The molecule has 94 valence electrons. The Labute approximate surface area is 101 Å². The molecule has 1 aromatic heterocycles. The Balaban J connectivity index is 2.62. The summed E-state index contributed by atoms with van der Waals surface area (Å²) in [6.45, 7) is 4.59. The number of nitrogens with one attached hydrogen (secondary N) is 2. The van der Waals surface area contributed by atoms with E-state index in [0.29, 0.717) is 11.8 Å². The smallest absolute Gasteiger partial charge is 0.328 e. The molecule has 2 N–H and O–H groups in total. The minimum atomic E-state index is -0.436. The molecular weight excluding hydrogens is 220 g/mol. The number of anilines is 2. The number of aromatic nitrogens is 2. The van der Waals surface area contributed by atoms with Crippen molar-refractivity contribution >= 4 is 17.7 Å². The molecule has 0 aliphatic rings. The molecule has 0 aliphatic carbocycles. The maximum atomic E-state index is 11.2. The van der Waals surface area contributed by atoms with E-state index in [0.717, 1.165) is 13.0 Å². The number of rotatable bonds is 6. The zero-order valence-corrected chi connectivity index (χ0v) is 10.4. The van der Waals surface area contributed by atoms with E-state index in [4.69, 9.17) is 0 Å². The summed E-state index contributed by atoms with van der Waals surface area (Å²) < 4.78 is 4.62. The molecule has 0 amide bonds. The number of hydrogen-bond acceptors (Lipinski definition) is 6. The molecule has 1 rings (SSSR count). The van der Waals surface area contributed by atoms with Crippen LogP contribution < -0.4 is 10.6 Å². The molecule has 0 aliphatic heterocycles. The number of methoxy groups -OCH3 is 1. The molecule has 0 fully saturated rings. The Morgan fingerprint density at radius 2 is 2.35 bits per heavy atom. The number of hydrogen-bond donors (Lipinski definition) is 2. The molecule has 1 heterocycles.